The summed E-state index contributed by atoms with van der Waals surface area (Å²) in [5.41, 5.74) is 0.837. The summed E-state index contributed by atoms with van der Waals surface area (Å²) in [6, 6.07) is 5.75. The first-order valence-electron chi connectivity index (χ1n) is 5.46. The van der Waals surface area contributed by atoms with Crippen molar-refractivity contribution in [3.8, 4) is 5.75 Å². The molecule has 0 aliphatic rings. The Morgan fingerprint density at radius 3 is 2.62 bits per heavy atom. The molecule has 0 aliphatic heterocycles. The van der Waals surface area contributed by atoms with Crippen LogP contribution >= 0.6 is 0 Å². The minimum absolute atomic E-state index is 0.267. The second-order valence-corrected chi connectivity index (χ2v) is 4.11. The van der Waals surface area contributed by atoms with E-state index in [1.54, 1.807) is 14.0 Å². The number of aliphatic hydroxyl groups is 1. The Balaban J connectivity index is 3.04. The lowest BCUT2D eigenvalue weighted by Crippen LogP contribution is -2.28. The zero-order valence-electron chi connectivity index (χ0n) is 10.4. The zero-order chi connectivity index (χ0) is 12.2. The summed E-state index contributed by atoms with van der Waals surface area (Å²) in [6.45, 7) is 6.48. The topological polar surface area (TPSA) is 38.7 Å². The summed E-state index contributed by atoms with van der Waals surface area (Å²) in [6.07, 6.45) is 0. The van der Waals surface area contributed by atoms with Crippen LogP contribution in [0.5, 0.6) is 5.75 Å². The van der Waals surface area contributed by atoms with Crippen LogP contribution in [0.25, 0.3) is 0 Å². The Morgan fingerprint density at radius 2 is 2.06 bits per heavy atom. The molecule has 1 unspecified atom stereocenters. The Labute approximate surface area is 97.0 Å². The predicted octanol–water partition coefficient (Wildman–Crippen LogP) is 2.25. The number of methoxy groups -OCH3 is 1. The van der Waals surface area contributed by atoms with E-state index in [2.05, 4.69) is 0 Å². The molecule has 0 aromatic heterocycles. The van der Waals surface area contributed by atoms with Crippen LogP contribution in [0.1, 0.15) is 25.0 Å². The van der Waals surface area contributed by atoms with Gasteiger partial charge in [0, 0.05) is 12.2 Å². The van der Waals surface area contributed by atoms with Crippen LogP contribution in [0, 0.1) is 6.92 Å². The second-order valence-electron chi connectivity index (χ2n) is 4.11. The van der Waals surface area contributed by atoms with E-state index in [9.17, 15) is 5.11 Å². The SMILES string of the molecule is CCOCC(C)(O)c1cc(C)ccc1OC. The van der Waals surface area contributed by atoms with E-state index in [0.29, 0.717) is 12.4 Å². The van der Waals surface area contributed by atoms with Gasteiger partial charge in [0.05, 0.1) is 13.7 Å². The van der Waals surface area contributed by atoms with Gasteiger partial charge in [-0.25, -0.2) is 0 Å². The van der Waals surface area contributed by atoms with Crippen molar-refractivity contribution in [2.24, 2.45) is 0 Å². The molecular formula is C13H20O3. The van der Waals surface area contributed by atoms with Crippen LogP contribution < -0.4 is 4.74 Å². The highest BCUT2D eigenvalue weighted by atomic mass is 16.5. The number of hydrogen-bond acceptors (Lipinski definition) is 3. The molecule has 0 saturated heterocycles. The lowest BCUT2D eigenvalue weighted by Gasteiger charge is -2.25. The maximum atomic E-state index is 10.3. The average Bonchev–Trinajstić information content (AvgIpc) is 2.26. The molecular weight excluding hydrogens is 204 g/mol. The minimum atomic E-state index is -1.02. The molecule has 0 saturated carbocycles. The summed E-state index contributed by atoms with van der Waals surface area (Å²) >= 11 is 0. The van der Waals surface area contributed by atoms with Gasteiger partial charge in [0.25, 0.3) is 0 Å². The highest BCUT2D eigenvalue weighted by molar-refractivity contribution is 5.40. The second kappa shape index (κ2) is 5.32. The van der Waals surface area contributed by atoms with Gasteiger partial charge < -0.3 is 14.6 Å². The van der Waals surface area contributed by atoms with Gasteiger partial charge in [-0.1, -0.05) is 11.6 Å². The van der Waals surface area contributed by atoms with Crippen molar-refractivity contribution in [3.63, 3.8) is 0 Å². The molecule has 1 N–H and O–H groups in total. The van der Waals surface area contributed by atoms with E-state index < -0.39 is 5.60 Å². The number of hydrogen-bond donors (Lipinski definition) is 1. The van der Waals surface area contributed by atoms with E-state index in [1.165, 1.54) is 0 Å². The third kappa shape index (κ3) is 2.97. The first-order chi connectivity index (χ1) is 7.51. The molecule has 0 bridgehead atoms. The number of benzene rings is 1. The van der Waals surface area contributed by atoms with Crippen LogP contribution in [0.15, 0.2) is 18.2 Å². The molecule has 90 valence electrons. The van der Waals surface area contributed by atoms with Gasteiger partial charge in [-0.05, 0) is 32.9 Å². The molecule has 1 aromatic carbocycles. The van der Waals surface area contributed by atoms with Crippen molar-refractivity contribution in [2.45, 2.75) is 26.4 Å². The largest absolute Gasteiger partial charge is 0.496 e. The molecule has 3 heteroatoms. The average molecular weight is 224 g/mol. The van der Waals surface area contributed by atoms with Crippen molar-refractivity contribution < 1.29 is 14.6 Å². The fourth-order valence-electron chi connectivity index (χ4n) is 1.62. The van der Waals surface area contributed by atoms with Crippen molar-refractivity contribution in [2.75, 3.05) is 20.3 Å². The Kier molecular flexibility index (Phi) is 4.33. The number of rotatable bonds is 5. The van der Waals surface area contributed by atoms with Crippen LogP contribution in [0.3, 0.4) is 0 Å². The lowest BCUT2D eigenvalue weighted by molar-refractivity contribution is -0.0356. The van der Waals surface area contributed by atoms with Gasteiger partial charge in [-0.15, -0.1) is 0 Å². The van der Waals surface area contributed by atoms with Crippen molar-refractivity contribution in [3.05, 3.63) is 29.3 Å². The van der Waals surface area contributed by atoms with Crippen LogP contribution in [-0.2, 0) is 10.3 Å². The molecule has 1 atom stereocenters. The highest BCUT2D eigenvalue weighted by Crippen LogP contribution is 2.30. The van der Waals surface area contributed by atoms with Crippen molar-refractivity contribution in [1.82, 2.24) is 0 Å². The lowest BCUT2D eigenvalue weighted by atomic mass is 9.94. The molecule has 3 nitrogen and oxygen atoms in total. The normalized spacial score (nSPS) is 14.6. The van der Waals surface area contributed by atoms with E-state index in [0.717, 1.165) is 11.1 Å². The Bertz CT molecular complexity index is 345. The summed E-state index contributed by atoms with van der Waals surface area (Å²) in [7, 11) is 1.60. The molecule has 1 rings (SSSR count). The molecule has 0 radical (unpaired) electrons. The minimum Gasteiger partial charge on any atom is -0.496 e. The third-order valence-corrected chi connectivity index (χ3v) is 2.52. The molecule has 0 fully saturated rings. The Morgan fingerprint density at radius 1 is 1.38 bits per heavy atom. The summed E-state index contributed by atoms with van der Waals surface area (Å²) in [4.78, 5) is 0. The van der Waals surface area contributed by atoms with Gasteiger partial charge in [0.15, 0.2) is 0 Å². The fraction of sp³-hybridized carbons (Fsp3) is 0.538. The van der Waals surface area contributed by atoms with Gasteiger partial charge in [0.2, 0.25) is 0 Å². The first kappa shape index (κ1) is 13.0. The predicted molar refractivity (Wildman–Crippen MR) is 63.8 cm³/mol. The standard InChI is InChI=1S/C13H20O3/c1-5-16-9-13(3,14)11-8-10(2)6-7-12(11)15-4/h6-8,14H,5,9H2,1-4H3. The third-order valence-electron chi connectivity index (χ3n) is 2.52. The molecule has 0 heterocycles. The van der Waals surface area contributed by atoms with E-state index >= 15 is 0 Å². The van der Waals surface area contributed by atoms with E-state index in [1.807, 2.05) is 32.0 Å². The quantitative estimate of drug-likeness (QED) is 0.833. The van der Waals surface area contributed by atoms with Crippen molar-refractivity contribution >= 4 is 0 Å². The zero-order valence-corrected chi connectivity index (χ0v) is 10.4. The van der Waals surface area contributed by atoms with Crippen molar-refractivity contribution in [1.29, 1.82) is 0 Å². The number of ether oxygens (including phenoxy) is 2. The van der Waals surface area contributed by atoms with Crippen LogP contribution in [-0.4, -0.2) is 25.4 Å². The molecule has 0 aliphatic carbocycles. The molecule has 0 amide bonds. The maximum Gasteiger partial charge on any atom is 0.125 e. The highest BCUT2D eigenvalue weighted by Gasteiger charge is 2.27. The van der Waals surface area contributed by atoms with Crippen LogP contribution in [0.2, 0.25) is 0 Å². The fourth-order valence-corrected chi connectivity index (χ4v) is 1.62. The van der Waals surface area contributed by atoms with Gasteiger partial charge in [-0.2, -0.15) is 0 Å². The van der Waals surface area contributed by atoms with Gasteiger partial charge >= 0.3 is 0 Å². The van der Waals surface area contributed by atoms with E-state index in [4.69, 9.17) is 9.47 Å². The number of aryl methyl sites for hydroxylation is 1. The molecule has 0 spiro atoms. The summed E-state index contributed by atoms with van der Waals surface area (Å²) < 4.78 is 10.5. The van der Waals surface area contributed by atoms with Gasteiger partial charge in [-0.3, -0.25) is 0 Å². The molecule has 16 heavy (non-hydrogen) atoms. The van der Waals surface area contributed by atoms with Gasteiger partial charge in [0.1, 0.15) is 11.4 Å². The summed E-state index contributed by atoms with van der Waals surface area (Å²) in [5.74, 6) is 0.690. The van der Waals surface area contributed by atoms with Crippen LogP contribution in [0.4, 0.5) is 0 Å². The summed E-state index contributed by atoms with van der Waals surface area (Å²) in [5, 5.41) is 10.3. The maximum absolute atomic E-state index is 10.3. The first-order valence-corrected chi connectivity index (χ1v) is 5.46. The Hall–Kier alpha value is -1.06. The molecule has 1 aromatic rings. The monoisotopic (exact) mass is 224 g/mol. The van der Waals surface area contributed by atoms with E-state index in [-0.39, 0.29) is 6.61 Å². The smallest absolute Gasteiger partial charge is 0.125 e.